The summed E-state index contributed by atoms with van der Waals surface area (Å²) in [6.45, 7) is 5.34. The Balaban J connectivity index is 2.28. The summed E-state index contributed by atoms with van der Waals surface area (Å²) >= 11 is 5.78. The number of rotatable bonds is 7. The van der Waals surface area contributed by atoms with Crippen molar-refractivity contribution < 1.29 is 9.53 Å². The molecule has 0 radical (unpaired) electrons. The van der Waals surface area contributed by atoms with E-state index in [0.29, 0.717) is 22.8 Å². The predicted octanol–water partition coefficient (Wildman–Crippen LogP) is 2.86. The molecule has 0 unspecified atom stereocenters. The highest BCUT2D eigenvalue weighted by molar-refractivity contribution is 6.31. The average molecular weight is 285 g/mol. The Bertz CT molecular complexity index is 422. The van der Waals surface area contributed by atoms with Crippen LogP contribution in [-0.2, 0) is 4.74 Å². The summed E-state index contributed by atoms with van der Waals surface area (Å²) in [5, 5.41) is 3.36. The van der Waals surface area contributed by atoms with Crippen LogP contribution in [-0.4, -0.2) is 25.2 Å². The van der Waals surface area contributed by atoms with Gasteiger partial charge in [-0.3, -0.25) is 4.79 Å². The molecule has 1 aromatic rings. The van der Waals surface area contributed by atoms with Crippen LogP contribution >= 0.6 is 11.6 Å². The minimum atomic E-state index is -0.168. The lowest BCUT2D eigenvalue weighted by molar-refractivity contribution is 0.0754. The van der Waals surface area contributed by atoms with Gasteiger partial charge in [-0.2, -0.15) is 0 Å². The summed E-state index contributed by atoms with van der Waals surface area (Å²) in [5.74, 6) is -0.168. The fourth-order valence-corrected chi connectivity index (χ4v) is 1.76. The van der Waals surface area contributed by atoms with E-state index in [0.717, 1.165) is 19.4 Å². The lowest BCUT2D eigenvalue weighted by Crippen LogP contribution is -2.25. The standard InChI is InChI=1S/C14H21ClN2O2/c1-10(2)19-8-4-3-7-17-14(18)12-6-5-11(15)9-13(12)16/h5-6,9-10H,3-4,7-8,16H2,1-2H3,(H,17,18). The molecule has 0 aromatic heterocycles. The molecule has 0 aliphatic rings. The molecular weight excluding hydrogens is 264 g/mol. The number of unbranched alkanes of at least 4 members (excludes halogenated alkanes) is 1. The number of halogens is 1. The zero-order chi connectivity index (χ0) is 14.3. The lowest BCUT2D eigenvalue weighted by atomic mass is 10.1. The molecule has 19 heavy (non-hydrogen) atoms. The summed E-state index contributed by atoms with van der Waals surface area (Å²) in [4.78, 5) is 11.9. The molecule has 0 bridgehead atoms. The van der Waals surface area contributed by atoms with Gasteiger partial charge in [0.25, 0.3) is 5.91 Å². The fourth-order valence-electron chi connectivity index (χ4n) is 1.58. The second kappa shape index (κ2) is 8.02. The largest absolute Gasteiger partial charge is 0.398 e. The second-order valence-corrected chi connectivity index (χ2v) is 5.05. The van der Waals surface area contributed by atoms with E-state index in [4.69, 9.17) is 22.1 Å². The van der Waals surface area contributed by atoms with Crippen molar-refractivity contribution in [2.24, 2.45) is 0 Å². The van der Waals surface area contributed by atoms with E-state index in [9.17, 15) is 4.79 Å². The number of carbonyl (C=O) groups is 1. The van der Waals surface area contributed by atoms with Gasteiger partial charge in [0.05, 0.1) is 11.7 Å². The fraction of sp³-hybridized carbons (Fsp3) is 0.500. The van der Waals surface area contributed by atoms with Crippen LogP contribution in [0.15, 0.2) is 18.2 Å². The Morgan fingerprint density at radius 1 is 1.42 bits per heavy atom. The lowest BCUT2D eigenvalue weighted by Gasteiger charge is -2.09. The molecule has 0 aliphatic carbocycles. The summed E-state index contributed by atoms with van der Waals surface area (Å²) in [6.07, 6.45) is 2.06. The van der Waals surface area contributed by atoms with Crippen LogP contribution in [0.2, 0.25) is 5.02 Å². The van der Waals surface area contributed by atoms with E-state index in [1.54, 1.807) is 18.2 Å². The Kier molecular flexibility index (Phi) is 6.67. The first-order chi connectivity index (χ1) is 9.00. The van der Waals surface area contributed by atoms with Gasteiger partial charge in [0.15, 0.2) is 0 Å². The second-order valence-electron chi connectivity index (χ2n) is 4.61. The van der Waals surface area contributed by atoms with Gasteiger partial charge in [0.2, 0.25) is 0 Å². The highest BCUT2D eigenvalue weighted by Crippen LogP contribution is 2.17. The van der Waals surface area contributed by atoms with E-state index in [1.807, 2.05) is 13.8 Å². The number of hydrogen-bond donors (Lipinski definition) is 2. The molecular formula is C14H21ClN2O2. The molecule has 106 valence electrons. The molecule has 0 fully saturated rings. The number of ether oxygens (including phenoxy) is 1. The van der Waals surface area contributed by atoms with Crippen LogP contribution in [0.3, 0.4) is 0 Å². The topological polar surface area (TPSA) is 64.3 Å². The minimum absolute atomic E-state index is 0.168. The van der Waals surface area contributed by atoms with Crippen LogP contribution in [0.1, 0.15) is 37.0 Å². The molecule has 0 saturated heterocycles. The molecule has 0 heterocycles. The average Bonchev–Trinajstić information content (AvgIpc) is 2.32. The zero-order valence-electron chi connectivity index (χ0n) is 11.4. The molecule has 0 atom stereocenters. The molecule has 4 nitrogen and oxygen atoms in total. The van der Waals surface area contributed by atoms with Gasteiger partial charge in [-0.15, -0.1) is 0 Å². The number of carbonyl (C=O) groups excluding carboxylic acids is 1. The summed E-state index contributed by atoms with van der Waals surface area (Å²) < 4.78 is 5.42. The van der Waals surface area contributed by atoms with Crippen molar-refractivity contribution in [3.8, 4) is 0 Å². The Morgan fingerprint density at radius 2 is 2.16 bits per heavy atom. The number of hydrogen-bond acceptors (Lipinski definition) is 3. The first-order valence-electron chi connectivity index (χ1n) is 6.45. The molecule has 0 spiro atoms. The van der Waals surface area contributed by atoms with Crippen molar-refractivity contribution in [1.29, 1.82) is 0 Å². The predicted molar refractivity (Wildman–Crippen MR) is 78.5 cm³/mol. The SMILES string of the molecule is CC(C)OCCCCNC(=O)c1ccc(Cl)cc1N. The van der Waals surface area contributed by atoms with Gasteiger partial charge < -0.3 is 15.8 Å². The van der Waals surface area contributed by atoms with Crippen LogP contribution in [0.4, 0.5) is 5.69 Å². The van der Waals surface area contributed by atoms with Crippen molar-refractivity contribution in [2.75, 3.05) is 18.9 Å². The highest BCUT2D eigenvalue weighted by Gasteiger charge is 2.08. The van der Waals surface area contributed by atoms with Gasteiger partial charge in [-0.05, 0) is 44.9 Å². The van der Waals surface area contributed by atoms with Gasteiger partial charge in [-0.25, -0.2) is 0 Å². The first-order valence-corrected chi connectivity index (χ1v) is 6.83. The number of benzene rings is 1. The normalized spacial score (nSPS) is 10.7. The third-order valence-corrected chi connectivity index (χ3v) is 2.80. The van der Waals surface area contributed by atoms with Gasteiger partial charge in [0.1, 0.15) is 0 Å². The van der Waals surface area contributed by atoms with Crippen molar-refractivity contribution in [2.45, 2.75) is 32.8 Å². The monoisotopic (exact) mass is 284 g/mol. The quantitative estimate of drug-likeness (QED) is 0.598. The number of amides is 1. The van der Waals surface area contributed by atoms with Crippen LogP contribution in [0.5, 0.6) is 0 Å². The van der Waals surface area contributed by atoms with E-state index in [-0.39, 0.29) is 12.0 Å². The van der Waals surface area contributed by atoms with Crippen molar-refractivity contribution in [3.05, 3.63) is 28.8 Å². The van der Waals surface area contributed by atoms with E-state index < -0.39 is 0 Å². The van der Waals surface area contributed by atoms with Crippen molar-refractivity contribution in [3.63, 3.8) is 0 Å². The van der Waals surface area contributed by atoms with Crippen LogP contribution in [0, 0.1) is 0 Å². The molecule has 1 rings (SSSR count). The van der Waals surface area contributed by atoms with Crippen LogP contribution in [0.25, 0.3) is 0 Å². The highest BCUT2D eigenvalue weighted by atomic mass is 35.5. The van der Waals surface area contributed by atoms with Gasteiger partial charge >= 0.3 is 0 Å². The minimum Gasteiger partial charge on any atom is -0.398 e. The first kappa shape index (κ1) is 15.8. The Labute approximate surface area is 119 Å². The Hall–Kier alpha value is -1.26. The smallest absolute Gasteiger partial charge is 0.253 e. The van der Waals surface area contributed by atoms with Crippen LogP contribution < -0.4 is 11.1 Å². The summed E-state index contributed by atoms with van der Waals surface area (Å²) in [7, 11) is 0. The number of anilines is 1. The zero-order valence-corrected chi connectivity index (χ0v) is 12.2. The number of nitrogens with one attached hydrogen (secondary N) is 1. The number of nitrogen functional groups attached to an aromatic ring is 1. The van der Waals surface area contributed by atoms with E-state index in [2.05, 4.69) is 5.32 Å². The van der Waals surface area contributed by atoms with Gasteiger partial charge in [0, 0.05) is 23.9 Å². The number of nitrogens with two attached hydrogens (primary N) is 1. The molecule has 0 saturated carbocycles. The maximum Gasteiger partial charge on any atom is 0.253 e. The summed E-state index contributed by atoms with van der Waals surface area (Å²) in [6, 6.07) is 4.87. The van der Waals surface area contributed by atoms with Gasteiger partial charge in [-0.1, -0.05) is 11.6 Å². The molecule has 0 aliphatic heterocycles. The molecule has 1 aromatic carbocycles. The van der Waals surface area contributed by atoms with E-state index in [1.165, 1.54) is 0 Å². The van der Waals surface area contributed by atoms with Crippen molar-refractivity contribution in [1.82, 2.24) is 5.32 Å². The summed E-state index contributed by atoms with van der Waals surface area (Å²) in [5.41, 5.74) is 6.60. The third-order valence-electron chi connectivity index (χ3n) is 2.57. The molecule has 3 N–H and O–H groups in total. The Morgan fingerprint density at radius 3 is 2.79 bits per heavy atom. The molecule has 5 heteroatoms. The molecule has 1 amide bonds. The van der Waals surface area contributed by atoms with E-state index >= 15 is 0 Å². The third kappa shape index (κ3) is 5.94. The van der Waals surface area contributed by atoms with Crippen molar-refractivity contribution >= 4 is 23.2 Å². The maximum absolute atomic E-state index is 11.9. The maximum atomic E-state index is 11.9.